The Morgan fingerprint density at radius 1 is 1.32 bits per heavy atom. The summed E-state index contributed by atoms with van der Waals surface area (Å²) < 4.78 is 5.51. The second kappa shape index (κ2) is 5.87. The average molecular weight is 254 g/mol. The molecule has 0 aliphatic heterocycles. The summed E-state index contributed by atoms with van der Waals surface area (Å²) in [5.74, 6) is 0.553. The van der Waals surface area contributed by atoms with E-state index in [9.17, 15) is 4.79 Å². The van der Waals surface area contributed by atoms with Gasteiger partial charge in [-0.2, -0.15) is 5.26 Å². The van der Waals surface area contributed by atoms with Crippen molar-refractivity contribution in [3.8, 4) is 17.4 Å². The fraction of sp³-hybridized carbons (Fsp3) is 0.200. The second-order valence-corrected chi connectivity index (χ2v) is 4.08. The maximum Gasteiger partial charge on any atom is 0.287 e. The van der Waals surface area contributed by atoms with Gasteiger partial charge >= 0.3 is 0 Å². The number of hydrogen-bond acceptors (Lipinski definition) is 3. The number of carbonyl (C=O) groups excluding carboxylic acids is 1. The molecule has 0 unspecified atom stereocenters. The van der Waals surface area contributed by atoms with Gasteiger partial charge in [-0.15, -0.1) is 0 Å². The third-order valence-electron chi connectivity index (χ3n) is 2.68. The lowest BCUT2D eigenvalue weighted by Crippen LogP contribution is -2.23. The molecule has 1 aromatic heterocycles. The van der Waals surface area contributed by atoms with Gasteiger partial charge in [-0.1, -0.05) is 19.1 Å². The first kappa shape index (κ1) is 12.9. The van der Waals surface area contributed by atoms with Gasteiger partial charge in [0.25, 0.3) is 5.91 Å². The summed E-state index contributed by atoms with van der Waals surface area (Å²) in [4.78, 5) is 11.7. The van der Waals surface area contributed by atoms with Gasteiger partial charge in [0.15, 0.2) is 5.76 Å². The van der Waals surface area contributed by atoms with Gasteiger partial charge in [-0.3, -0.25) is 4.79 Å². The van der Waals surface area contributed by atoms with Gasteiger partial charge in [-0.05, 0) is 30.7 Å². The van der Waals surface area contributed by atoms with Crippen LogP contribution in [0.3, 0.4) is 0 Å². The first-order valence-corrected chi connectivity index (χ1v) is 6.13. The van der Waals surface area contributed by atoms with E-state index in [1.54, 1.807) is 30.3 Å². The van der Waals surface area contributed by atoms with Gasteiger partial charge in [0.05, 0.1) is 11.6 Å². The third kappa shape index (κ3) is 2.83. The zero-order valence-corrected chi connectivity index (χ0v) is 10.6. The number of benzene rings is 1. The molecule has 0 spiro atoms. The highest BCUT2D eigenvalue weighted by atomic mass is 16.3. The van der Waals surface area contributed by atoms with E-state index in [1.165, 1.54) is 0 Å². The number of hydrogen-bond donors (Lipinski definition) is 1. The van der Waals surface area contributed by atoms with Crippen molar-refractivity contribution in [1.82, 2.24) is 5.32 Å². The van der Waals surface area contributed by atoms with Crippen LogP contribution in [-0.2, 0) is 0 Å². The first-order valence-electron chi connectivity index (χ1n) is 6.13. The molecule has 19 heavy (non-hydrogen) atoms. The van der Waals surface area contributed by atoms with Crippen molar-refractivity contribution >= 4 is 5.91 Å². The Morgan fingerprint density at radius 2 is 2.11 bits per heavy atom. The predicted octanol–water partition coefficient (Wildman–Crippen LogP) is 2.96. The van der Waals surface area contributed by atoms with E-state index in [0.717, 1.165) is 6.42 Å². The van der Waals surface area contributed by atoms with Crippen LogP contribution in [0.15, 0.2) is 40.8 Å². The van der Waals surface area contributed by atoms with Crippen LogP contribution in [0.4, 0.5) is 0 Å². The molecule has 4 nitrogen and oxygen atoms in total. The minimum atomic E-state index is -0.234. The number of nitriles is 1. The summed E-state index contributed by atoms with van der Waals surface area (Å²) in [7, 11) is 0. The monoisotopic (exact) mass is 254 g/mol. The molecule has 0 bridgehead atoms. The molecule has 0 fully saturated rings. The number of rotatable bonds is 4. The number of nitrogens with zero attached hydrogens (tertiary/aromatic N) is 1. The maximum absolute atomic E-state index is 11.7. The van der Waals surface area contributed by atoms with Crippen LogP contribution >= 0.6 is 0 Å². The van der Waals surface area contributed by atoms with E-state index in [1.807, 2.05) is 13.0 Å². The van der Waals surface area contributed by atoms with Crippen molar-refractivity contribution in [1.29, 1.82) is 5.26 Å². The Morgan fingerprint density at radius 3 is 2.84 bits per heavy atom. The topological polar surface area (TPSA) is 66.0 Å². The normalized spacial score (nSPS) is 9.89. The molecule has 0 radical (unpaired) electrons. The first-order chi connectivity index (χ1) is 9.26. The lowest BCUT2D eigenvalue weighted by molar-refractivity contribution is 0.0927. The number of furan rings is 1. The average Bonchev–Trinajstić information content (AvgIpc) is 2.94. The van der Waals surface area contributed by atoms with E-state index >= 15 is 0 Å². The van der Waals surface area contributed by atoms with Gasteiger partial charge in [-0.25, -0.2) is 0 Å². The summed E-state index contributed by atoms with van der Waals surface area (Å²) in [6, 6.07) is 12.6. The van der Waals surface area contributed by atoms with Gasteiger partial charge in [0.1, 0.15) is 5.76 Å². The molecule has 0 aliphatic rings. The highest BCUT2D eigenvalue weighted by Crippen LogP contribution is 2.25. The van der Waals surface area contributed by atoms with Crippen molar-refractivity contribution in [2.45, 2.75) is 13.3 Å². The van der Waals surface area contributed by atoms with Crippen LogP contribution in [0.1, 0.15) is 29.5 Å². The number of amides is 1. The van der Waals surface area contributed by atoms with E-state index in [-0.39, 0.29) is 11.7 Å². The standard InChI is InChI=1S/C15H14N2O2/c1-2-9-17-15(18)14-8-7-13(19-14)12-6-4-3-5-11(12)10-16/h3-8H,2,9H2,1H3,(H,17,18). The minimum Gasteiger partial charge on any atom is -0.451 e. The number of nitrogens with one attached hydrogen (secondary N) is 1. The van der Waals surface area contributed by atoms with Crippen LogP contribution in [0.5, 0.6) is 0 Å². The van der Waals surface area contributed by atoms with E-state index in [4.69, 9.17) is 9.68 Å². The molecule has 0 saturated carbocycles. The summed E-state index contributed by atoms with van der Waals surface area (Å²) in [5, 5.41) is 11.8. The van der Waals surface area contributed by atoms with Crippen LogP contribution in [0.2, 0.25) is 0 Å². The minimum absolute atomic E-state index is 0.234. The Bertz CT molecular complexity index is 623. The van der Waals surface area contributed by atoms with E-state index in [2.05, 4.69) is 11.4 Å². The molecule has 1 amide bonds. The highest BCUT2D eigenvalue weighted by Gasteiger charge is 2.13. The predicted molar refractivity (Wildman–Crippen MR) is 71.5 cm³/mol. The molecule has 96 valence electrons. The number of carbonyl (C=O) groups is 1. The molecule has 1 aromatic carbocycles. The summed E-state index contributed by atoms with van der Waals surface area (Å²) in [6.07, 6.45) is 0.872. The van der Waals surface area contributed by atoms with Crippen molar-refractivity contribution in [2.75, 3.05) is 6.54 Å². The molecular formula is C15H14N2O2. The smallest absolute Gasteiger partial charge is 0.287 e. The lowest BCUT2D eigenvalue weighted by atomic mass is 10.1. The molecule has 4 heteroatoms. The molecule has 0 atom stereocenters. The molecule has 0 aliphatic carbocycles. The van der Waals surface area contributed by atoms with Crippen molar-refractivity contribution in [2.24, 2.45) is 0 Å². The van der Waals surface area contributed by atoms with Gasteiger partial charge in [0, 0.05) is 12.1 Å². The summed E-state index contributed by atoms with van der Waals surface area (Å²) in [6.45, 7) is 2.60. The fourth-order valence-corrected chi connectivity index (χ4v) is 1.73. The Kier molecular flexibility index (Phi) is 3.99. The summed E-state index contributed by atoms with van der Waals surface area (Å²) in [5.41, 5.74) is 1.22. The lowest BCUT2D eigenvalue weighted by Gasteiger charge is -2.01. The zero-order valence-electron chi connectivity index (χ0n) is 10.6. The largest absolute Gasteiger partial charge is 0.451 e. The SMILES string of the molecule is CCCNC(=O)c1ccc(-c2ccccc2C#N)o1. The fourth-order valence-electron chi connectivity index (χ4n) is 1.73. The van der Waals surface area contributed by atoms with Crippen molar-refractivity contribution in [3.63, 3.8) is 0 Å². The quantitative estimate of drug-likeness (QED) is 0.912. The molecular weight excluding hydrogens is 240 g/mol. The molecule has 1 heterocycles. The van der Waals surface area contributed by atoms with E-state index < -0.39 is 0 Å². The van der Waals surface area contributed by atoms with Crippen molar-refractivity contribution in [3.05, 3.63) is 47.7 Å². The molecule has 2 aromatic rings. The Hall–Kier alpha value is -2.54. The van der Waals surface area contributed by atoms with Gasteiger partial charge < -0.3 is 9.73 Å². The second-order valence-electron chi connectivity index (χ2n) is 4.08. The molecule has 0 saturated heterocycles. The third-order valence-corrected chi connectivity index (χ3v) is 2.68. The van der Waals surface area contributed by atoms with Crippen molar-refractivity contribution < 1.29 is 9.21 Å². The Labute approximate surface area is 111 Å². The molecule has 2 rings (SSSR count). The van der Waals surface area contributed by atoms with Gasteiger partial charge in [0.2, 0.25) is 0 Å². The maximum atomic E-state index is 11.7. The Balaban J connectivity index is 2.26. The summed E-state index contributed by atoms with van der Waals surface area (Å²) >= 11 is 0. The van der Waals surface area contributed by atoms with Crippen LogP contribution in [0, 0.1) is 11.3 Å². The van der Waals surface area contributed by atoms with E-state index in [0.29, 0.717) is 23.4 Å². The van der Waals surface area contributed by atoms with Crippen LogP contribution < -0.4 is 5.32 Å². The van der Waals surface area contributed by atoms with Crippen LogP contribution in [0.25, 0.3) is 11.3 Å². The van der Waals surface area contributed by atoms with Crippen LogP contribution in [-0.4, -0.2) is 12.5 Å². The highest BCUT2D eigenvalue weighted by molar-refractivity contribution is 5.92. The molecule has 1 N–H and O–H groups in total. The zero-order chi connectivity index (χ0) is 13.7.